The third-order valence-corrected chi connectivity index (χ3v) is 7.35. The van der Waals surface area contributed by atoms with E-state index in [9.17, 15) is 9.59 Å². The van der Waals surface area contributed by atoms with E-state index in [1.165, 1.54) is 27.2 Å². The van der Waals surface area contributed by atoms with Gasteiger partial charge in [0.15, 0.2) is 0 Å². The minimum Gasteiger partial charge on any atom is -0.497 e. The molecule has 30 heavy (non-hydrogen) atoms. The van der Waals surface area contributed by atoms with Gasteiger partial charge in [-0.05, 0) is 34.4 Å². The molecule has 0 spiro atoms. The summed E-state index contributed by atoms with van der Waals surface area (Å²) in [4.78, 5) is 29.0. The van der Waals surface area contributed by atoms with Gasteiger partial charge in [-0.3, -0.25) is 9.59 Å². The Hall–Kier alpha value is -3.40. The molecule has 4 nitrogen and oxygen atoms in total. The van der Waals surface area contributed by atoms with Crippen LogP contribution in [-0.4, -0.2) is 18.9 Å². The van der Waals surface area contributed by atoms with Crippen molar-refractivity contribution in [2.75, 3.05) is 12.0 Å². The predicted octanol–water partition coefficient (Wildman–Crippen LogP) is 4.27. The first-order valence-electron chi connectivity index (χ1n) is 10.3. The third-order valence-electron chi connectivity index (χ3n) is 7.35. The monoisotopic (exact) mass is 395 g/mol. The topological polar surface area (TPSA) is 46.6 Å². The van der Waals surface area contributed by atoms with Gasteiger partial charge in [-0.15, -0.1) is 0 Å². The highest BCUT2D eigenvalue weighted by Gasteiger charge is 2.66. The molecule has 2 atom stereocenters. The average Bonchev–Trinajstić information content (AvgIpc) is 3.06. The Labute approximate surface area is 175 Å². The van der Waals surface area contributed by atoms with Gasteiger partial charge >= 0.3 is 0 Å². The van der Waals surface area contributed by atoms with Gasteiger partial charge in [-0.25, -0.2) is 4.90 Å². The van der Waals surface area contributed by atoms with E-state index < -0.39 is 17.3 Å². The minimum absolute atomic E-state index is 0.101. The van der Waals surface area contributed by atoms with Crippen LogP contribution < -0.4 is 9.64 Å². The highest BCUT2D eigenvalue weighted by atomic mass is 16.5. The number of ether oxygens (including phenoxy) is 1. The predicted molar refractivity (Wildman–Crippen MR) is 114 cm³/mol. The maximum Gasteiger partial charge on any atom is 0.238 e. The van der Waals surface area contributed by atoms with Crippen molar-refractivity contribution < 1.29 is 14.3 Å². The lowest BCUT2D eigenvalue weighted by Crippen LogP contribution is -2.51. The van der Waals surface area contributed by atoms with Crippen molar-refractivity contribution in [1.29, 1.82) is 0 Å². The first kappa shape index (κ1) is 17.5. The van der Waals surface area contributed by atoms with Crippen LogP contribution >= 0.6 is 0 Å². The van der Waals surface area contributed by atoms with Gasteiger partial charge in [0.25, 0.3) is 0 Å². The Morgan fingerprint density at radius 3 is 2.10 bits per heavy atom. The summed E-state index contributed by atoms with van der Waals surface area (Å²) in [6.07, 6.45) is 0. The second-order valence-electron chi connectivity index (χ2n) is 8.57. The maximum atomic E-state index is 13.8. The fraction of sp³-hybridized carbons (Fsp3) is 0.231. The lowest BCUT2D eigenvalue weighted by Gasteiger charge is -2.52. The number of imide groups is 1. The normalized spacial score (nSPS) is 28.2. The molecule has 148 valence electrons. The summed E-state index contributed by atoms with van der Waals surface area (Å²) in [5.74, 6) is -0.502. The molecule has 1 saturated heterocycles. The Kier molecular flexibility index (Phi) is 3.39. The average molecular weight is 395 g/mol. The molecule has 0 N–H and O–H groups in total. The zero-order valence-corrected chi connectivity index (χ0v) is 16.8. The highest BCUT2D eigenvalue weighted by molar-refractivity contribution is 6.23. The third kappa shape index (κ3) is 1.91. The lowest BCUT2D eigenvalue weighted by atomic mass is 9.48. The van der Waals surface area contributed by atoms with Gasteiger partial charge in [0, 0.05) is 17.4 Å². The molecule has 0 radical (unpaired) electrons. The largest absolute Gasteiger partial charge is 0.497 e. The molecule has 2 bridgehead atoms. The molecular formula is C26H21NO3. The van der Waals surface area contributed by atoms with E-state index in [0.717, 1.165) is 0 Å². The molecular weight excluding hydrogens is 374 g/mol. The van der Waals surface area contributed by atoms with Crippen molar-refractivity contribution >= 4 is 17.5 Å². The van der Waals surface area contributed by atoms with Gasteiger partial charge in [0.05, 0.1) is 24.6 Å². The SMILES string of the molecule is COc1cccc(N2C(=O)[C@H]3C4c5ccccc5C(C)(c5ccccc54)[C@H]3C2=O)c1. The molecule has 0 aromatic heterocycles. The van der Waals surface area contributed by atoms with E-state index in [-0.39, 0.29) is 17.7 Å². The number of hydrogen-bond acceptors (Lipinski definition) is 3. The van der Waals surface area contributed by atoms with Crippen LogP contribution in [0.5, 0.6) is 5.75 Å². The summed E-state index contributed by atoms with van der Waals surface area (Å²) in [7, 11) is 1.58. The van der Waals surface area contributed by atoms with Crippen molar-refractivity contribution in [2.45, 2.75) is 18.3 Å². The number of amides is 2. The second-order valence-corrected chi connectivity index (χ2v) is 8.57. The molecule has 4 heteroatoms. The van der Waals surface area contributed by atoms with Crippen LogP contribution in [0.15, 0.2) is 72.8 Å². The standard InChI is InChI=1S/C26H21NO3/c1-26-19-12-5-3-10-17(19)21(18-11-4-6-13-20(18)26)22-23(26)25(29)27(24(22)28)15-8-7-9-16(14-15)30-2/h3-14,21-23H,1-2H3/t21?,22-,23+,26?/m0/s1. The molecule has 7 rings (SSSR count). The lowest BCUT2D eigenvalue weighted by molar-refractivity contribution is -0.123. The van der Waals surface area contributed by atoms with Crippen molar-refractivity contribution in [3.63, 3.8) is 0 Å². The molecule has 1 fully saturated rings. The molecule has 1 aliphatic heterocycles. The molecule has 0 saturated carbocycles. The van der Waals surface area contributed by atoms with Crippen molar-refractivity contribution in [2.24, 2.45) is 11.8 Å². The quantitative estimate of drug-likeness (QED) is 0.609. The van der Waals surface area contributed by atoms with Crippen LogP contribution in [0.4, 0.5) is 5.69 Å². The van der Waals surface area contributed by atoms with Gasteiger partial charge in [0.1, 0.15) is 5.75 Å². The van der Waals surface area contributed by atoms with E-state index in [4.69, 9.17) is 4.74 Å². The number of carbonyl (C=O) groups is 2. The summed E-state index contributed by atoms with van der Waals surface area (Å²) >= 11 is 0. The molecule has 3 aromatic rings. The van der Waals surface area contributed by atoms with Gasteiger partial charge in [-0.2, -0.15) is 0 Å². The molecule has 4 aliphatic rings. The summed E-state index contributed by atoms with van der Waals surface area (Å²) in [5.41, 5.74) is 4.73. The number of benzene rings is 3. The Bertz CT molecular complexity index is 1180. The van der Waals surface area contributed by atoms with Crippen LogP contribution in [0, 0.1) is 11.8 Å². The number of hydrogen-bond donors (Lipinski definition) is 0. The van der Waals surface area contributed by atoms with E-state index in [0.29, 0.717) is 11.4 Å². The number of anilines is 1. The fourth-order valence-electron chi connectivity index (χ4n) is 6.15. The van der Waals surface area contributed by atoms with Crippen LogP contribution in [0.25, 0.3) is 0 Å². The van der Waals surface area contributed by atoms with Crippen LogP contribution in [0.3, 0.4) is 0 Å². The second kappa shape index (κ2) is 5.82. The Balaban J connectivity index is 1.60. The van der Waals surface area contributed by atoms with E-state index in [1.807, 2.05) is 36.4 Å². The summed E-state index contributed by atoms with van der Waals surface area (Å²) in [6, 6.07) is 23.8. The maximum absolute atomic E-state index is 13.8. The first-order valence-corrected chi connectivity index (χ1v) is 10.3. The number of nitrogens with zero attached hydrogens (tertiary/aromatic N) is 1. The highest BCUT2D eigenvalue weighted by Crippen LogP contribution is 2.64. The van der Waals surface area contributed by atoms with E-state index in [2.05, 4.69) is 31.2 Å². The number of carbonyl (C=O) groups excluding carboxylic acids is 2. The summed E-state index contributed by atoms with van der Waals surface area (Å²) < 4.78 is 5.33. The minimum atomic E-state index is -0.535. The van der Waals surface area contributed by atoms with Crippen LogP contribution in [0.2, 0.25) is 0 Å². The molecule has 1 heterocycles. The molecule has 3 aliphatic carbocycles. The van der Waals surface area contributed by atoms with Gasteiger partial charge < -0.3 is 4.74 Å². The molecule has 3 aromatic carbocycles. The molecule has 2 amide bonds. The van der Waals surface area contributed by atoms with Gasteiger partial charge in [0.2, 0.25) is 11.8 Å². The Morgan fingerprint density at radius 1 is 0.833 bits per heavy atom. The van der Waals surface area contributed by atoms with Gasteiger partial charge in [-0.1, -0.05) is 61.5 Å². The fourth-order valence-corrected chi connectivity index (χ4v) is 6.15. The van der Waals surface area contributed by atoms with Crippen LogP contribution in [-0.2, 0) is 15.0 Å². The summed E-state index contributed by atoms with van der Waals surface area (Å²) in [5, 5.41) is 0. The molecule has 0 unspecified atom stereocenters. The first-order chi connectivity index (χ1) is 14.6. The van der Waals surface area contributed by atoms with Crippen molar-refractivity contribution in [3.05, 3.63) is 95.1 Å². The smallest absolute Gasteiger partial charge is 0.238 e. The zero-order valence-electron chi connectivity index (χ0n) is 16.8. The van der Waals surface area contributed by atoms with E-state index in [1.54, 1.807) is 19.2 Å². The number of methoxy groups -OCH3 is 1. The van der Waals surface area contributed by atoms with Crippen molar-refractivity contribution in [1.82, 2.24) is 0 Å². The zero-order chi connectivity index (χ0) is 20.6. The van der Waals surface area contributed by atoms with Crippen molar-refractivity contribution in [3.8, 4) is 5.75 Å². The van der Waals surface area contributed by atoms with E-state index >= 15 is 0 Å². The number of rotatable bonds is 2. The Morgan fingerprint density at radius 2 is 1.47 bits per heavy atom. The summed E-state index contributed by atoms with van der Waals surface area (Å²) in [6.45, 7) is 2.14. The van der Waals surface area contributed by atoms with Crippen LogP contribution in [0.1, 0.15) is 35.1 Å².